The molecule has 0 radical (unpaired) electrons. The van der Waals surface area contributed by atoms with Crippen molar-refractivity contribution in [3.05, 3.63) is 137 Å². The van der Waals surface area contributed by atoms with E-state index in [4.69, 9.17) is 11.6 Å². The third-order valence-electron chi connectivity index (χ3n) is 5.86. The smallest absolute Gasteiger partial charge is 0.255 e. The van der Waals surface area contributed by atoms with Crippen LogP contribution < -0.4 is 5.32 Å². The van der Waals surface area contributed by atoms with Gasteiger partial charge in [-0.05, 0) is 60.2 Å². The second-order valence-electron chi connectivity index (χ2n) is 8.49. The number of anilines is 1. The van der Waals surface area contributed by atoms with Crippen LogP contribution in [0.5, 0.6) is 0 Å². The van der Waals surface area contributed by atoms with E-state index in [0.29, 0.717) is 27.4 Å². The van der Waals surface area contributed by atoms with Gasteiger partial charge in [-0.15, -0.1) is 0 Å². The lowest BCUT2D eigenvalue weighted by molar-refractivity contribution is 0.0991. The first-order valence-corrected chi connectivity index (χ1v) is 12.1. The van der Waals surface area contributed by atoms with Gasteiger partial charge < -0.3 is 5.32 Å². The standard InChI is InChI=1S/C31H22ClN3O2/c32-26-17-21(19-30(36)24-11-7-22(8-12-24)28-5-1-3-15-33-28)18-27(20-26)35-31(37)25-13-9-23(10-14-25)29-6-2-4-16-34-29/h1-18,20H,19H2,(H,35,37). The van der Waals surface area contributed by atoms with Gasteiger partial charge in [-0.2, -0.15) is 0 Å². The van der Waals surface area contributed by atoms with Crippen LogP contribution in [0.3, 0.4) is 0 Å². The van der Waals surface area contributed by atoms with E-state index in [1.165, 1.54) is 0 Å². The number of halogens is 1. The Morgan fingerprint density at radius 2 is 1.24 bits per heavy atom. The Kier molecular flexibility index (Phi) is 7.15. The van der Waals surface area contributed by atoms with Gasteiger partial charge in [-0.1, -0.05) is 60.1 Å². The van der Waals surface area contributed by atoms with Crippen LogP contribution in [0.1, 0.15) is 26.3 Å². The maximum atomic E-state index is 12.9. The molecule has 0 fully saturated rings. The topological polar surface area (TPSA) is 72.0 Å². The van der Waals surface area contributed by atoms with E-state index >= 15 is 0 Å². The van der Waals surface area contributed by atoms with E-state index < -0.39 is 0 Å². The largest absolute Gasteiger partial charge is 0.322 e. The second kappa shape index (κ2) is 11.0. The molecule has 2 heterocycles. The molecule has 0 spiro atoms. The fourth-order valence-electron chi connectivity index (χ4n) is 4.00. The molecule has 6 heteroatoms. The van der Waals surface area contributed by atoms with Gasteiger partial charge in [0.2, 0.25) is 0 Å². The van der Waals surface area contributed by atoms with Crippen molar-refractivity contribution in [2.75, 3.05) is 5.32 Å². The molecule has 0 unspecified atom stereocenters. The highest BCUT2D eigenvalue weighted by atomic mass is 35.5. The zero-order chi connectivity index (χ0) is 25.6. The van der Waals surface area contributed by atoms with Gasteiger partial charge >= 0.3 is 0 Å². The Balaban J connectivity index is 1.26. The van der Waals surface area contributed by atoms with Crippen molar-refractivity contribution in [3.8, 4) is 22.5 Å². The van der Waals surface area contributed by atoms with Crippen molar-refractivity contribution < 1.29 is 9.59 Å². The van der Waals surface area contributed by atoms with Crippen molar-refractivity contribution in [3.63, 3.8) is 0 Å². The van der Waals surface area contributed by atoms with Crippen LogP contribution in [0, 0.1) is 0 Å². The fraction of sp³-hybridized carbons (Fsp3) is 0.0323. The van der Waals surface area contributed by atoms with Crippen molar-refractivity contribution in [1.29, 1.82) is 0 Å². The summed E-state index contributed by atoms with van der Waals surface area (Å²) >= 11 is 6.31. The third kappa shape index (κ3) is 5.97. The van der Waals surface area contributed by atoms with E-state index in [9.17, 15) is 9.59 Å². The van der Waals surface area contributed by atoms with Gasteiger partial charge in [0.25, 0.3) is 5.91 Å². The fourth-order valence-corrected chi connectivity index (χ4v) is 4.26. The minimum Gasteiger partial charge on any atom is -0.322 e. The lowest BCUT2D eigenvalue weighted by Gasteiger charge is -2.10. The Hall–Kier alpha value is -4.61. The predicted molar refractivity (Wildman–Crippen MR) is 147 cm³/mol. The van der Waals surface area contributed by atoms with E-state index in [1.54, 1.807) is 54.9 Å². The van der Waals surface area contributed by atoms with Gasteiger partial charge in [0, 0.05) is 51.8 Å². The molecule has 2 aromatic heterocycles. The van der Waals surface area contributed by atoms with Crippen molar-refractivity contribution >= 4 is 29.0 Å². The Morgan fingerprint density at radius 1 is 0.676 bits per heavy atom. The molecule has 180 valence electrons. The number of hydrogen-bond acceptors (Lipinski definition) is 4. The van der Waals surface area contributed by atoms with Crippen LogP contribution in [0.25, 0.3) is 22.5 Å². The van der Waals surface area contributed by atoms with Gasteiger partial charge in [0.05, 0.1) is 11.4 Å². The predicted octanol–water partition coefficient (Wildman–Crippen LogP) is 7.14. The molecule has 0 aliphatic carbocycles. The molecule has 0 saturated heterocycles. The number of rotatable bonds is 7. The normalized spacial score (nSPS) is 10.6. The van der Waals surface area contributed by atoms with Crippen LogP contribution in [0.2, 0.25) is 5.02 Å². The molecule has 0 atom stereocenters. The summed E-state index contributed by atoms with van der Waals surface area (Å²) in [7, 11) is 0. The quantitative estimate of drug-likeness (QED) is 0.239. The zero-order valence-corrected chi connectivity index (χ0v) is 20.5. The number of benzene rings is 3. The first kappa shape index (κ1) is 24.1. The van der Waals surface area contributed by atoms with Crippen molar-refractivity contribution in [2.45, 2.75) is 6.42 Å². The Morgan fingerprint density at radius 3 is 1.78 bits per heavy atom. The summed E-state index contributed by atoms with van der Waals surface area (Å²) < 4.78 is 0. The maximum absolute atomic E-state index is 12.9. The SMILES string of the molecule is O=C(Cc1cc(Cl)cc(NC(=O)c2ccc(-c3ccccn3)cc2)c1)c1ccc(-c2ccccn2)cc1. The molecule has 5 rings (SSSR count). The molecule has 0 aliphatic heterocycles. The number of Topliss-reactive ketones (excluding diaryl/α,β-unsaturated/α-hetero) is 1. The number of carbonyl (C=O) groups excluding carboxylic acids is 2. The number of hydrogen-bond donors (Lipinski definition) is 1. The molecular formula is C31H22ClN3O2. The second-order valence-corrected chi connectivity index (χ2v) is 8.92. The summed E-state index contributed by atoms with van der Waals surface area (Å²) in [6.07, 6.45) is 3.63. The molecule has 37 heavy (non-hydrogen) atoms. The van der Waals surface area contributed by atoms with Gasteiger partial charge in [-0.25, -0.2) is 0 Å². The van der Waals surface area contributed by atoms with Crippen LogP contribution >= 0.6 is 11.6 Å². The Labute approximate surface area is 219 Å². The molecule has 1 amide bonds. The van der Waals surface area contributed by atoms with Gasteiger partial charge in [-0.3, -0.25) is 19.6 Å². The number of ketones is 1. The average Bonchev–Trinajstić information content (AvgIpc) is 2.94. The lowest BCUT2D eigenvalue weighted by atomic mass is 10.0. The van der Waals surface area contributed by atoms with E-state index in [1.807, 2.05) is 60.7 Å². The third-order valence-corrected chi connectivity index (χ3v) is 6.07. The number of nitrogens with one attached hydrogen (secondary N) is 1. The van der Waals surface area contributed by atoms with Gasteiger partial charge in [0.1, 0.15) is 0 Å². The summed E-state index contributed by atoms with van der Waals surface area (Å²) in [5, 5.41) is 3.32. The minimum absolute atomic E-state index is 0.0442. The molecule has 1 N–H and O–H groups in total. The molecule has 0 aliphatic rings. The number of nitrogens with zero attached hydrogens (tertiary/aromatic N) is 2. The molecular weight excluding hydrogens is 482 g/mol. The lowest BCUT2D eigenvalue weighted by Crippen LogP contribution is -2.12. The van der Waals surface area contributed by atoms with Crippen molar-refractivity contribution in [1.82, 2.24) is 9.97 Å². The van der Waals surface area contributed by atoms with Crippen LogP contribution in [-0.2, 0) is 6.42 Å². The first-order chi connectivity index (χ1) is 18.0. The molecule has 3 aromatic carbocycles. The molecule has 0 bridgehead atoms. The number of pyridine rings is 2. The summed E-state index contributed by atoms with van der Waals surface area (Å²) in [5.74, 6) is -0.311. The van der Waals surface area contributed by atoms with Gasteiger partial charge in [0.15, 0.2) is 5.78 Å². The minimum atomic E-state index is -0.266. The highest BCUT2D eigenvalue weighted by Gasteiger charge is 2.12. The zero-order valence-electron chi connectivity index (χ0n) is 19.8. The monoisotopic (exact) mass is 503 g/mol. The highest BCUT2D eigenvalue weighted by Crippen LogP contribution is 2.23. The maximum Gasteiger partial charge on any atom is 0.255 e. The summed E-state index contributed by atoms with van der Waals surface area (Å²) in [6, 6.07) is 31.2. The molecule has 5 nitrogen and oxygen atoms in total. The van der Waals surface area contributed by atoms with E-state index in [-0.39, 0.29) is 18.1 Å². The number of amides is 1. The van der Waals surface area contributed by atoms with Crippen molar-refractivity contribution in [2.24, 2.45) is 0 Å². The first-order valence-electron chi connectivity index (χ1n) is 11.7. The number of aromatic nitrogens is 2. The summed E-state index contributed by atoms with van der Waals surface area (Å²) in [6.45, 7) is 0. The average molecular weight is 504 g/mol. The molecule has 5 aromatic rings. The van der Waals surface area contributed by atoms with E-state index in [0.717, 1.165) is 22.5 Å². The number of carbonyl (C=O) groups is 2. The van der Waals surface area contributed by atoms with E-state index in [2.05, 4.69) is 15.3 Å². The summed E-state index contributed by atoms with van der Waals surface area (Å²) in [4.78, 5) is 34.4. The van der Waals surface area contributed by atoms with Crippen LogP contribution in [0.4, 0.5) is 5.69 Å². The summed E-state index contributed by atoms with van der Waals surface area (Å²) in [5.41, 5.74) is 5.90. The highest BCUT2D eigenvalue weighted by molar-refractivity contribution is 6.31. The van der Waals surface area contributed by atoms with Crippen LogP contribution in [0.15, 0.2) is 116 Å². The Bertz CT molecular complexity index is 1420. The molecule has 0 saturated carbocycles. The van der Waals surface area contributed by atoms with Crippen LogP contribution in [-0.4, -0.2) is 21.7 Å².